The molecular weight excluding hydrogens is 298 g/mol. The highest BCUT2D eigenvalue weighted by Gasteiger charge is 2.06. The Morgan fingerprint density at radius 1 is 1.35 bits per heavy atom. The lowest BCUT2D eigenvalue weighted by atomic mass is 10.2. The molecule has 0 aliphatic heterocycles. The summed E-state index contributed by atoms with van der Waals surface area (Å²) in [5.41, 5.74) is 1.93. The maximum atomic E-state index is 9.03. The van der Waals surface area contributed by atoms with E-state index in [1.165, 1.54) is 0 Å². The fourth-order valence-electron chi connectivity index (χ4n) is 1.45. The van der Waals surface area contributed by atoms with Gasteiger partial charge in [-0.15, -0.1) is 0 Å². The standard InChI is InChI=1S/C13H12BrNOS/c1-9-6-10(8-16)7-15-13(9)17-12-5-3-2-4-11(12)14/h2-7,16H,8H2,1H3. The van der Waals surface area contributed by atoms with Gasteiger partial charge in [0.25, 0.3) is 0 Å². The molecule has 0 aliphatic carbocycles. The summed E-state index contributed by atoms with van der Waals surface area (Å²) >= 11 is 5.14. The van der Waals surface area contributed by atoms with Gasteiger partial charge >= 0.3 is 0 Å². The zero-order chi connectivity index (χ0) is 12.3. The molecule has 2 rings (SSSR count). The number of rotatable bonds is 3. The summed E-state index contributed by atoms with van der Waals surface area (Å²) in [6.07, 6.45) is 1.71. The minimum Gasteiger partial charge on any atom is -0.392 e. The van der Waals surface area contributed by atoms with Crippen molar-refractivity contribution >= 4 is 27.7 Å². The number of aliphatic hydroxyl groups excluding tert-OH is 1. The zero-order valence-electron chi connectivity index (χ0n) is 9.35. The molecule has 1 heterocycles. The molecule has 0 bridgehead atoms. The van der Waals surface area contributed by atoms with Gasteiger partial charge < -0.3 is 5.11 Å². The molecule has 4 heteroatoms. The summed E-state index contributed by atoms with van der Waals surface area (Å²) in [6, 6.07) is 10.0. The Morgan fingerprint density at radius 3 is 2.76 bits per heavy atom. The molecule has 0 aliphatic rings. The van der Waals surface area contributed by atoms with Gasteiger partial charge in [0.2, 0.25) is 0 Å². The van der Waals surface area contributed by atoms with E-state index in [2.05, 4.69) is 27.0 Å². The van der Waals surface area contributed by atoms with Crippen LogP contribution >= 0.6 is 27.7 Å². The largest absolute Gasteiger partial charge is 0.392 e. The van der Waals surface area contributed by atoms with Crippen LogP contribution in [-0.2, 0) is 6.61 Å². The smallest absolute Gasteiger partial charge is 0.104 e. The first kappa shape index (κ1) is 12.6. The maximum Gasteiger partial charge on any atom is 0.104 e. The van der Waals surface area contributed by atoms with Crippen LogP contribution in [0.25, 0.3) is 0 Å². The van der Waals surface area contributed by atoms with Crippen LogP contribution in [0.5, 0.6) is 0 Å². The quantitative estimate of drug-likeness (QED) is 0.936. The second kappa shape index (κ2) is 5.67. The van der Waals surface area contributed by atoms with Gasteiger partial charge in [-0.3, -0.25) is 0 Å². The van der Waals surface area contributed by atoms with Gasteiger partial charge in [0.05, 0.1) is 6.61 Å². The Labute approximate surface area is 113 Å². The van der Waals surface area contributed by atoms with E-state index in [4.69, 9.17) is 5.11 Å². The second-order valence-electron chi connectivity index (χ2n) is 3.66. The number of hydrogen-bond donors (Lipinski definition) is 1. The Balaban J connectivity index is 2.28. The van der Waals surface area contributed by atoms with Gasteiger partial charge in [0.15, 0.2) is 0 Å². The summed E-state index contributed by atoms with van der Waals surface area (Å²) in [4.78, 5) is 5.51. The topological polar surface area (TPSA) is 33.1 Å². The minimum absolute atomic E-state index is 0.0355. The number of aliphatic hydroxyl groups is 1. The zero-order valence-corrected chi connectivity index (χ0v) is 11.8. The third-order valence-corrected chi connectivity index (χ3v) is 4.46. The van der Waals surface area contributed by atoms with E-state index in [9.17, 15) is 0 Å². The van der Waals surface area contributed by atoms with Crippen molar-refractivity contribution in [2.24, 2.45) is 0 Å². The Kier molecular flexibility index (Phi) is 4.20. The Hall–Kier alpha value is -0.840. The lowest BCUT2D eigenvalue weighted by Gasteiger charge is -2.07. The monoisotopic (exact) mass is 309 g/mol. The molecule has 1 aromatic heterocycles. The normalized spacial score (nSPS) is 10.5. The van der Waals surface area contributed by atoms with Gasteiger partial charge in [-0.05, 0) is 52.2 Å². The van der Waals surface area contributed by atoms with Crippen molar-refractivity contribution in [2.75, 3.05) is 0 Å². The molecule has 0 saturated carbocycles. The first-order valence-electron chi connectivity index (χ1n) is 5.19. The van der Waals surface area contributed by atoms with Crippen molar-refractivity contribution in [2.45, 2.75) is 23.5 Å². The molecule has 2 aromatic rings. The number of nitrogens with zero attached hydrogens (tertiary/aromatic N) is 1. The number of hydrogen-bond acceptors (Lipinski definition) is 3. The predicted molar refractivity (Wildman–Crippen MR) is 73.2 cm³/mol. The van der Waals surface area contributed by atoms with Gasteiger partial charge in [0.1, 0.15) is 5.03 Å². The van der Waals surface area contributed by atoms with Crippen LogP contribution in [-0.4, -0.2) is 10.1 Å². The van der Waals surface area contributed by atoms with Gasteiger partial charge in [0, 0.05) is 15.6 Å². The molecule has 0 atom stereocenters. The highest BCUT2D eigenvalue weighted by molar-refractivity contribution is 9.10. The minimum atomic E-state index is 0.0355. The second-order valence-corrected chi connectivity index (χ2v) is 5.54. The molecule has 0 unspecified atom stereocenters. The summed E-state index contributed by atoms with van der Waals surface area (Å²) in [7, 11) is 0. The van der Waals surface area contributed by atoms with Crippen molar-refractivity contribution in [1.29, 1.82) is 0 Å². The first-order valence-corrected chi connectivity index (χ1v) is 6.80. The molecule has 0 spiro atoms. The van der Waals surface area contributed by atoms with Crippen LogP contribution in [0.4, 0.5) is 0 Å². The van der Waals surface area contributed by atoms with Crippen molar-refractivity contribution in [3.05, 3.63) is 52.1 Å². The fraction of sp³-hybridized carbons (Fsp3) is 0.154. The molecule has 17 heavy (non-hydrogen) atoms. The van der Waals surface area contributed by atoms with E-state index < -0.39 is 0 Å². The fourth-order valence-corrected chi connectivity index (χ4v) is 2.82. The number of aromatic nitrogens is 1. The van der Waals surface area contributed by atoms with Gasteiger partial charge in [-0.1, -0.05) is 23.9 Å². The van der Waals surface area contributed by atoms with Crippen LogP contribution < -0.4 is 0 Å². The van der Waals surface area contributed by atoms with Crippen LogP contribution in [0, 0.1) is 6.92 Å². The maximum absolute atomic E-state index is 9.03. The molecule has 1 N–H and O–H groups in total. The number of pyridine rings is 1. The summed E-state index contributed by atoms with van der Waals surface area (Å²) in [6.45, 7) is 2.04. The molecule has 0 radical (unpaired) electrons. The van der Waals surface area contributed by atoms with Crippen LogP contribution in [0.3, 0.4) is 0 Å². The number of benzene rings is 1. The van der Waals surface area contributed by atoms with E-state index in [1.807, 2.05) is 31.2 Å². The molecule has 88 valence electrons. The summed E-state index contributed by atoms with van der Waals surface area (Å²) < 4.78 is 1.07. The summed E-state index contributed by atoms with van der Waals surface area (Å²) in [5.74, 6) is 0. The van der Waals surface area contributed by atoms with Crippen molar-refractivity contribution < 1.29 is 5.11 Å². The lowest BCUT2D eigenvalue weighted by Crippen LogP contribution is -1.91. The third kappa shape index (κ3) is 3.09. The van der Waals surface area contributed by atoms with Crippen LogP contribution in [0.15, 0.2) is 50.9 Å². The first-order chi connectivity index (χ1) is 8.20. The van der Waals surface area contributed by atoms with Gasteiger partial charge in [-0.2, -0.15) is 0 Å². The van der Waals surface area contributed by atoms with Crippen molar-refractivity contribution in [3.63, 3.8) is 0 Å². The van der Waals surface area contributed by atoms with Crippen molar-refractivity contribution in [3.8, 4) is 0 Å². The number of aryl methyl sites for hydroxylation is 1. The SMILES string of the molecule is Cc1cc(CO)cnc1Sc1ccccc1Br. The molecule has 1 aromatic carbocycles. The average molecular weight is 310 g/mol. The van der Waals surface area contributed by atoms with E-state index in [0.29, 0.717) is 0 Å². The van der Waals surface area contributed by atoms with Crippen molar-refractivity contribution in [1.82, 2.24) is 4.98 Å². The highest BCUT2D eigenvalue weighted by atomic mass is 79.9. The van der Waals surface area contributed by atoms with Crippen LogP contribution in [0.1, 0.15) is 11.1 Å². The predicted octanol–water partition coefficient (Wildman–Crippen LogP) is 3.80. The summed E-state index contributed by atoms with van der Waals surface area (Å²) in [5, 5.41) is 10.00. The van der Waals surface area contributed by atoms with Crippen LogP contribution in [0.2, 0.25) is 0 Å². The molecule has 0 saturated heterocycles. The molecule has 0 amide bonds. The van der Waals surface area contributed by atoms with Gasteiger partial charge in [-0.25, -0.2) is 4.98 Å². The highest BCUT2D eigenvalue weighted by Crippen LogP contribution is 2.33. The molecule has 0 fully saturated rings. The number of halogens is 1. The molecule has 2 nitrogen and oxygen atoms in total. The Bertz CT molecular complexity index is 531. The van der Waals surface area contributed by atoms with E-state index in [0.717, 1.165) is 25.5 Å². The van der Waals surface area contributed by atoms with E-state index in [1.54, 1.807) is 18.0 Å². The molecular formula is C13H12BrNOS. The lowest BCUT2D eigenvalue weighted by molar-refractivity contribution is 0.281. The average Bonchev–Trinajstić information content (AvgIpc) is 2.34. The van der Waals surface area contributed by atoms with E-state index >= 15 is 0 Å². The van der Waals surface area contributed by atoms with E-state index in [-0.39, 0.29) is 6.61 Å². The third-order valence-electron chi connectivity index (χ3n) is 2.31. The Morgan fingerprint density at radius 2 is 2.12 bits per heavy atom.